The minimum atomic E-state index is -0.336. The predicted molar refractivity (Wildman–Crippen MR) is 74.2 cm³/mol. The predicted octanol–water partition coefficient (Wildman–Crippen LogP) is 2.77. The van der Waals surface area contributed by atoms with E-state index in [0.29, 0.717) is 17.5 Å². The maximum Gasteiger partial charge on any atom is 0.229 e. The van der Waals surface area contributed by atoms with Crippen molar-refractivity contribution in [3.8, 4) is 5.75 Å². The minimum Gasteiger partial charge on any atom is -0.485 e. The molecule has 2 atom stereocenters. The van der Waals surface area contributed by atoms with Gasteiger partial charge < -0.3 is 15.0 Å². The molecule has 0 spiro atoms. The molecule has 0 saturated heterocycles. The Kier molecular flexibility index (Phi) is 4.15. The Morgan fingerprint density at radius 1 is 1.38 bits per heavy atom. The summed E-state index contributed by atoms with van der Waals surface area (Å²) in [7, 11) is 0. The lowest BCUT2D eigenvalue weighted by Gasteiger charge is -2.23. The molecule has 0 aliphatic heterocycles. The van der Waals surface area contributed by atoms with E-state index in [9.17, 15) is 4.39 Å². The molecule has 0 bridgehead atoms. The van der Waals surface area contributed by atoms with E-state index in [-0.39, 0.29) is 24.4 Å². The summed E-state index contributed by atoms with van der Waals surface area (Å²) in [5.74, 6) is 1.44. The average Bonchev–Trinajstić information content (AvgIpc) is 2.94. The van der Waals surface area contributed by atoms with Crippen molar-refractivity contribution >= 4 is 0 Å². The number of benzene rings is 1. The zero-order valence-corrected chi connectivity index (χ0v) is 11.7. The lowest BCUT2D eigenvalue weighted by molar-refractivity contribution is 0.276. The summed E-state index contributed by atoms with van der Waals surface area (Å²) in [6.45, 7) is 0.158. The van der Waals surface area contributed by atoms with Crippen LogP contribution in [0, 0.1) is 5.82 Å². The normalized spacial score (nSPS) is 22.2. The summed E-state index contributed by atoms with van der Waals surface area (Å²) in [6.07, 6.45) is 4.05. The molecule has 112 valence electrons. The fraction of sp³-hybridized carbons (Fsp3) is 0.467. The van der Waals surface area contributed by atoms with Gasteiger partial charge in [0, 0.05) is 18.0 Å². The monoisotopic (exact) mass is 291 g/mol. The molecule has 0 radical (unpaired) electrons. The third-order valence-electron chi connectivity index (χ3n) is 3.71. The third kappa shape index (κ3) is 3.58. The van der Waals surface area contributed by atoms with Crippen LogP contribution in [0.15, 0.2) is 28.8 Å². The number of nitrogens with zero attached hydrogens (tertiary/aromatic N) is 2. The van der Waals surface area contributed by atoms with Gasteiger partial charge in [0.15, 0.2) is 6.61 Å². The first kappa shape index (κ1) is 14.0. The van der Waals surface area contributed by atoms with Crippen molar-refractivity contribution in [1.82, 2.24) is 10.1 Å². The van der Waals surface area contributed by atoms with Gasteiger partial charge in [0.1, 0.15) is 11.6 Å². The first-order valence-electron chi connectivity index (χ1n) is 7.17. The molecular formula is C15H18FN3O2. The van der Waals surface area contributed by atoms with Crippen LogP contribution in [0.4, 0.5) is 4.39 Å². The van der Waals surface area contributed by atoms with Gasteiger partial charge in [0.25, 0.3) is 0 Å². The van der Waals surface area contributed by atoms with Crippen molar-refractivity contribution in [2.45, 2.75) is 44.2 Å². The summed E-state index contributed by atoms with van der Waals surface area (Å²) in [5, 5.41) is 3.91. The molecule has 1 heterocycles. The van der Waals surface area contributed by atoms with Crippen LogP contribution in [-0.2, 0) is 6.61 Å². The number of hydrogen-bond donors (Lipinski definition) is 1. The summed E-state index contributed by atoms with van der Waals surface area (Å²) < 4.78 is 23.8. The first-order valence-corrected chi connectivity index (χ1v) is 7.17. The second-order valence-corrected chi connectivity index (χ2v) is 5.42. The molecule has 21 heavy (non-hydrogen) atoms. The van der Waals surface area contributed by atoms with Crippen LogP contribution < -0.4 is 10.5 Å². The van der Waals surface area contributed by atoms with E-state index >= 15 is 0 Å². The molecule has 3 rings (SSSR count). The quantitative estimate of drug-likeness (QED) is 0.937. The van der Waals surface area contributed by atoms with Crippen LogP contribution in [0.2, 0.25) is 0 Å². The smallest absolute Gasteiger partial charge is 0.229 e. The van der Waals surface area contributed by atoms with Crippen molar-refractivity contribution < 1.29 is 13.7 Å². The van der Waals surface area contributed by atoms with Crippen molar-refractivity contribution in [3.63, 3.8) is 0 Å². The van der Waals surface area contributed by atoms with E-state index in [1.54, 1.807) is 12.1 Å². The molecule has 0 amide bonds. The lowest BCUT2D eigenvalue weighted by Crippen LogP contribution is -2.26. The zero-order valence-electron chi connectivity index (χ0n) is 11.7. The lowest BCUT2D eigenvalue weighted by atomic mass is 9.86. The first-order chi connectivity index (χ1) is 10.2. The van der Waals surface area contributed by atoms with E-state index in [1.165, 1.54) is 12.1 Å². The Morgan fingerprint density at radius 3 is 3.10 bits per heavy atom. The van der Waals surface area contributed by atoms with Crippen molar-refractivity contribution in [3.05, 3.63) is 41.8 Å². The Hall–Kier alpha value is -1.95. The topological polar surface area (TPSA) is 74.2 Å². The van der Waals surface area contributed by atoms with Crippen LogP contribution in [0.3, 0.4) is 0 Å². The molecule has 1 aromatic heterocycles. The molecule has 2 unspecified atom stereocenters. The summed E-state index contributed by atoms with van der Waals surface area (Å²) in [6, 6.07) is 6.18. The number of nitrogens with two attached hydrogens (primary N) is 1. The fourth-order valence-electron chi connectivity index (χ4n) is 2.65. The highest BCUT2D eigenvalue weighted by molar-refractivity contribution is 5.22. The molecule has 6 heteroatoms. The second-order valence-electron chi connectivity index (χ2n) is 5.42. The number of ether oxygens (including phenoxy) is 1. The fourth-order valence-corrected chi connectivity index (χ4v) is 2.65. The van der Waals surface area contributed by atoms with Crippen LogP contribution in [0.5, 0.6) is 5.75 Å². The Labute approximate surface area is 122 Å². The van der Waals surface area contributed by atoms with Crippen LogP contribution in [0.1, 0.15) is 43.3 Å². The van der Waals surface area contributed by atoms with E-state index < -0.39 is 0 Å². The minimum absolute atomic E-state index is 0.158. The van der Waals surface area contributed by atoms with E-state index in [2.05, 4.69) is 10.1 Å². The van der Waals surface area contributed by atoms with Gasteiger partial charge in [-0.3, -0.25) is 0 Å². The van der Waals surface area contributed by atoms with Gasteiger partial charge in [-0.25, -0.2) is 4.39 Å². The SMILES string of the molecule is NC1CCCC(c2nc(COc3cccc(F)c3)no2)C1. The number of halogens is 1. The Balaban J connectivity index is 1.60. The second kappa shape index (κ2) is 6.22. The Bertz CT molecular complexity index is 602. The van der Waals surface area contributed by atoms with Crippen molar-refractivity contribution in [2.75, 3.05) is 0 Å². The number of rotatable bonds is 4. The maximum absolute atomic E-state index is 13.0. The summed E-state index contributed by atoms with van der Waals surface area (Å²) in [5.41, 5.74) is 5.97. The Morgan fingerprint density at radius 2 is 2.29 bits per heavy atom. The van der Waals surface area contributed by atoms with Crippen molar-refractivity contribution in [1.29, 1.82) is 0 Å². The van der Waals surface area contributed by atoms with E-state index in [1.807, 2.05) is 0 Å². The maximum atomic E-state index is 13.0. The highest BCUT2D eigenvalue weighted by Crippen LogP contribution is 2.31. The largest absolute Gasteiger partial charge is 0.485 e. The zero-order chi connectivity index (χ0) is 14.7. The molecule has 1 aromatic carbocycles. The van der Waals surface area contributed by atoms with Crippen molar-refractivity contribution in [2.24, 2.45) is 5.73 Å². The number of hydrogen-bond acceptors (Lipinski definition) is 5. The molecule has 1 aliphatic rings. The van der Waals surface area contributed by atoms with Crippen LogP contribution in [0.25, 0.3) is 0 Å². The molecule has 2 N–H and O–H groups in total. The van der Waals surface area contributed by atoms with Gasteiger partial charge >= 0.3 is 0 Å². The molecule has 1 saturated carbocycles. The standard InChI is InChI=1S/C15H18FN3O2/c16-11-4-2-6-13(8-11)20-9-14-18-15(21-19-14)10-3-1-5-12(17)7-10/h2,4,6,8,10,12H,1,3,5,7,9,17H2. The number of aromatic nitrogens is 2. The average molecular weight is 291 g/mol. The molecule has 5 nitrogen and oxygen atoms in total. The molecule has 1 aliphatic carbocycles. The third-order valence-corrected chi connectivity index (χ3v) is 3.71. The van der Waals surface area contributed by atoms with Gasteiger partial charge in [-0.1, -0.05) is 17.6 Å². The van der Waals surface area contributed by atoms with Crippen LogP contribution in [-0.4, -0.2) is 16.2 Å². The molecule has 2 aromatic rings. The van der Waals surface area contributed by atoms with Crippen LogP contribution >= 0.6 is 0 Å². The highest BCUT2D eigenvalue weighted by Gasteiger charge is 2.25. The van der Waals surface area contributed by atoms with Gasteiger partial charge in [0.05, 0.1) is 0 Å². The van der Waals surface area contributed by atoms with E-state index in [0.717, 1.165) is 25.7 Å². The summed E-state index contributed by atoms with van der Waals surface area (Å²) >= 11 is 0. The van der Waals surface area contributed by atoms with Gasteiger partial charge in [-0.2, -0.15) is 4.98 Å². The van der Waals surface area contributed by atoms with Gasteiger partial charge in [0.2, 0.25) is 11.7 Å². The molecule has 1 fully saturated rings. The highest BCUT2D eigenvalue weighted by atomic mass is 19.1. The van der Waals surface area contributed by atoms with E-state index in [4.69, 9.17) is 15.0 Å². The van der Waals surface area contributed by atoms with Gasteiger partial charge in [-0.05, 0) is 31.4 Å². The van der Waals surface area contributed by atoms with Gasteiger partial charge in [-0.15, -0.1) is 0 Å². The summed E-state index contributed by atoms with van der Waals surface area (Å²) in [4.78, 5) is 4.35. The molecular weight excluding hydrogens is 273 g/mol.